The number of hydrogen-bond acceptors (Lipinski definition) is 6. The van der Waals surface area contributed by atoms with Crippen molar-refractivity contribution >= 4 is 29.1 Å². The summed E-state index contributed by atoms with van der Waals surface area (Å²) in [5.41, 5.74) is 2.66. The first-order valence-electron chi connectivity index (χ1n) is 12.0. The molecular formula is C29H26F3NO4S2. The number of benzene rings is 3. The van der Waals surface area contributed by atoms with E-state index in [0.29, 0.717) is 35.3 Å². The number of carboxylic acid groups (broad SMARTS) is 1. The zero-order valence-corrected chi connectivity index (χ0v) is 22.7. The summed E-state index contributed by atoms with van der Waals surface area (Å²) in [5.74, 6) is 0.0572. The van der Waals surface area contributed by atoms with Gasteiger partial charge < -0.3 is 14.6 Å². The Morgan fingerprint density at radius 2 is 1.79 bits per heavy atom. The first-order valence-corrected chi connectivity index (χ1v) is 13.8. The van der Waals surface area contributed by atoms with Gasteiger partial charge in [0.1, 0.15) is 10.8 Å². The predicted molar refractivity (Wildman–Crippen MR) is 146 cm³/mol. The topological polar surface area (TPSA) is 68.7 Å². The molecule has 204 valence electrons. The molecule has 0 saturated heterocycles. The van der Waals surface area contributed by atoms with Crippen LogP contribution in [0.4, 0.5) is 13.2 Å². The van der Waals surface area contributed by atoms with Crippen LogP contribution in [-0.2, 0) is 34.5 Å². The molecule has 0 amide bonds. The molecule has 3 aromatic carbocycles. The van der Waals surface area contributed by atoms with E-state index in [-0.39, 0.29) is 0 Å². The number of rotatable bonds is 12. The van der Waals surface area contributed by atoms with Crippen molar-refractivity contribution in [3.63, 3.8) is 0 Å². The third-order valence-electron chi connectivity index (χ3n) is 5.72. The Labute approximate surface area is 232 Å². The second kappa shape index (κ2) is 13.1. The lowest BCUT2D eigenvalue weighted by molar-refractivity contribution is -0.139. The van der Waals surface area contributed by atoms with Crippen LogP contribution < -0.4 is 4.74 Å². The Bertz CT molecular complexity index is 1390. The van der Waals surface area contributed by atoms with Gasteiger partial charge in [-0.2, -0.15) is 13.2 Å². The molecule has 0 saturated carbocycles. The van der Waals surface area contributed by atoms with E-state index in [0.717, 1.165) is 39.6 Å². The molecule has 4 rings (SSSR count). The molecule has 4 aromatic rings. The molecule has 5 nitrogen and oxygen atoms in total. The number of thiazole rings is 1. The number of hydrogen-bond donors (Lipinski definition) is 1. The van der Waals surface area contributed by atoms with E-state index in [1.54, 1.807) is 17.8 Å². The van der Waals surface area contributed by atoms with Crippen molar-refractivity contribution in [1.82, 2.24) is 4.98 Å². The molecule has 0 radical (unpaired) electrons. The Kier molecular flexibility index (Phi) is 9.66. The lowest BCUT2D eigenvalue weighted by atomic mass is 10.1. The summed E-state index contributed by atoms with van der Waals surface area (Å²) < 4.78 is 50.3. The van der Waals surface area contributed by atoms with Crippen molar-refractivity contribution < 1.29 is 32.5 Å². The fourth-order valence-electron chi connectivity index (χ4n) is 3.70. The van der Waals surface area contributed by atoms with E-state index in [2.05, 4.69) is 0 Å². The molecule has 1 aromatic heterocycles. The maximum Gasteiger partial charge on any atom is 0.416 e. The monoisotopic (exact) mass is 573 g/mol. The zero-order chi connectivity index (χ0) is 27.8. The number of ether oxygens (including phenoxy) is 2. The summed E-state index contributed by atoms with van der Waals surface area (Å²) >= 11 is 3.01. The molecular weight excluding hydrogens is 547 g/mol. The number of halogens is 3. The fraction of sp³-hybridized carbons (Fsp3) is 0.241. The summed E-state index contributed by atoms with van der Waals surface area (Å²) in [5, 5.41) is 9.47. The average molecular weight is 574 g/mol. The summed E-state index contributed by atoms with van der Waals surface area (Å²) in [6, 6.07) is 20.6. The van der Waals surface area contributed by atoms with Crippen LogP contribution >= 0.6 is 23.1 Å². The van der Waals surface area contributed by atoms with E-state index in [1.807, 2.05) is 49.4 Å². The van der Waals surface area contributed by atoms with Crippen molar-refractivity contribution in [1.29, 1.82) is 0 Å². The highest BCUT2D eigenvalue weighted by atomic mass is 32.2. The van der Waals surface area contributed by atoms with Crippen molar-refractivity contribution in [2.45, 2.75) is 36.8 Å². The number of alkyl halides is 3. The second-order valence-electron chi connectivity index (χ2n) is 8.65. The van der Waals surface area contributed by atoms with Crippen molar-refractivity contribution in [3.05, 3.63) is 100 Å². The zero-order valence-electron chi connectivity index (χ0n) is 21.0. The van der Waals surface area contributed by atoms with Gasteiger partial charge in [0.25, 0.3) is 0 Å². The van der Waals surface area contributed by atoms with Crippen LogP contribution in [0.25, 0.3) is 10.6 Å². The Morgan fingerprint density at radius 1 is 1.05 bits per heavy atom. The molecule has 1 heterocycles. The minimum Gasteiger partial charge on any atom is -0.482 e. The number of carbonyl (C=O) groups is 1. The van der Waals surface area contributed by atoms with Gasteiger partial charge in [-0.25, -0.2) is 9.78 Å². The molecule has 0 aliphatic rings. The van der Waals surface area contributed by atoms with E-state index in [4.69, 9.17) is 19.6 Å². The number of aryl methyl sites for hydroxylation is 1. The molecule has 0 fully saturated rings. The van der Waals surface area contributed by atoms with Crippen LogP contribution in [-0.4, -0.2) is 29.3 Å². The Morgan fingerprint density at radius 3 is 2.46 bits per heavy atom. The molecule has 0 spiro atoms. The molecule has 1 N–H and O–H groups in total. The normalized spacial score (nSPS) is 11.5. The van der Waals surface area contributed by atoms with Crippen LogP contribution in [0.1, 0.15) is 27.3 Å². The van der Waals surface area contributed by atoms with E-state index in [1.165, 1.54) is 29.0 Å². The summed E-state index contributed by atoms with van der Waals surface area (Å²) in [6.07, 6.45) is -3.64. The van der Waals surface area contributed by atoms with Gasteiger partial charge in [0.05, 0.1) is 24.5 Å². The van der Waals surface area contributed by atoms with Gasteiger partial charge in [-0.1, -0.05) is 42.5 Å². The van der Waals surface area contributed by atoms with Gasteiger partial charge >= 0.3 is 12.1 Å². The van der Waals surface area contributed by atoms with E-state index in [9.17, 15) is 18.0 Å². The van der Waals surface area contributed by atoms with E-state index >= 15 is 0 Å². The van der Waals surface area contributed by atoms with Crippen LogP contribution in [0, 0.1) is 6.92 Å². The minimum atomic E-state index is -4.40. The van der Waals surface area contributed by atoms with Crippen LogP contribution in [0.2, 0.25) is 0 Å². The maximum absolute atomic E-state index is 13.0. The van der Waals surface area contributed by atoms with Gasteiger partial charge in [-0.3, -0.25) is 0 Å². The van der Waals surface area contributed by atoms with Crippen LogP contribution in [0.3, 0.4) is 0 Å². The van der Waals surface area contributed by atoms with Gasteiger partial charge in [0, 0.05) is 21.1 Å². The quantitative estimate of drug-likeness (QED) is 0.139. The Hall–Kier alpha value is -3.34. The van der Waals surface area contributed by atoms with Gasteiger partial charge in [-0.15, -0.1) is 23.1 Å². The highest BCUT2D eigenvalue weighted by molar-refractivity contribution is 7.98. The number of thioether (sulfide) groups is 1. The fourth-order valence-corrected chi connectivity index (χ4v) is 5.87. The SMILES string of the molecule is Cc1cc(SCc2sc(-c3ccc(C(F)(F)F)cc3)nc2COCCc2ccccc2)ccc1OCC(=O)O. The Balaban J connectivity index is 1.48. The third-order valence-corrected chi connectivity index (χ3v) is 8.07. The smallest absolute Gasteiger partial charge is 0.416 e. The predicted octanol–water partition coefficient (Wildman–Crippen LogP) is 7.65. The van der Waals surface area contributed by atoms with Crippen molar-refractivity contribution in [3.8, 4) is 16.3 Å². The number of aromatic nitrogens is 1. The van der Waals surface area contributed by atoms with Crippen molar-refractivity contribution in [2.24, 2.45) is 0 Å². The van der Waals surface area contributed by atoms with Crippen molar-refractivity contribution in [2.75, 3.05) is 13.2 Å². The third kappa shape index (κ3) is 8.32. The summed E-state index contributed by atoms with van der Waals surface area (Å²) in [4.78, 5) is 17.4. The summed E-state index contributed by atoms with van der Waals surface area (Å²) in [6.45, 7) is 2.25. The number of aliphatic carboxylic acids is 1. The second-order valence-corrected chi connectivity index (χ2v) is 10.8. The number of nitrogens with zero attached hydrogens (tertiary/aromatic N) is 1. The first kappa shape index (κ1) is 28.7. The highest BCUT2D eigenvalue weighted by Gasteiger charge is 2.30. The van der Waals surface area contributed by atoms with E-state index < -0.39 is 24.3 Å². The van der Waals surface area contributed by atoms with Gasteiger partial charge in [-0.05, 0) is 54.8 Å². The minimum absolute atomic E-state index is 0.293. The molecule has 10 heteroatoms. The van der Waals surface area contributed by atoms with Crippen LogP contribution in [0.15, 0.2) is 77.7 Å². The lowest BCUT2D eigenvalue weighted by Gasteiger charge is -2.09. The van der Waals surface area contributed by atoms with Gasteiger partial charge in [0.15, 0.2) is 6.61 Å². The molecule has 0 unspecified atom stereocenters. The first-order chi connectivity index (χ1) is 18.7. The molecule has 0 aliphatic heterocycles. The summed E-state index contributed by atoms with van der Waals surface area (Å²) in [7, 11) is 0. The maximum atomic E-state index is 13.0. The van der Waals surface area contributed by atoms with Gasteiger partial charge in [0.2, 0.25) is 0 Å². The molecule has 39 heavy (non-hydrogen) atoms. The largest absolute Gasteiger partial charge is 0.482 e. The average Bonchev–Trinajstić information content (AvgIpc) is 3.32. The standard InChI is InChI=1S/C29H26F3NO4S2/c1-19-15-23(11-12-25(19)37-17-27(34)35)38-18-26-24(16-36-14-13-20-5-3-2-4-6-20)33-28(39-26)21-7-9-22(10-8-21)29(30,31)32/h2-12,15H,13-14,16-18H2,1H3,(H,34,35). The molecule has 0 bridgehead atoms. The molecule has 0 atom stereocenters. The molecule has 0 aliphatic carbocycles. The lowest BCUT2D eigenvalue weighted by Crippen LogP contribution is -2.09. The van der Waals surface area contributed by atoms with Crippen LogP contribution in [0.5, 0.6) is 5.75 Å². The number of carboxylic acids is 1. The highest BCUT2D eigenvalue weighted by Crippen LogP contribution is 2.36.